The van der Waals surface area contributed by atoms with Crippen LogP contribution >= 0.6 is 0 Å². The summed E-state index contributed by atoms with van der Waals surface area (Å²) in [6, 6.07) is 0.617. The summed E-state index contributed by atoms with van der Waals surface area (Å²) < 4.78 is 38.0. The third-order valence-electron chi connectivity index (χ3n) is 2.76. The van der Waals surface area contributed by atoms with Gasteiger partial charge in [0.1, 0.15) is 5.82 Å². The van der Waals surface area contributed by atoms with E-state index in [1.54, 1.807) is 0 Å². The van der Waals surface area contributed by atoms with E-state index in [9.17, 15) is 18.0 Å². The molecule has 1 aromatic rings. The van der Waals surface area contributed by atoms with Crippen molar-refractivity contribution in [1.82, 2.24) is 15.3 Å². The predicted molar refractivity (Wildman–Crippen MR) is 64.5 cm³/mol. The van der Waals surface area contributed by atoms with E-state index in [1.165, 1.54) is 0 Å². The molecule has 2 rings (SSSR count). The van der Waals surface area contributed by atoms with Crippen molar-refractivity contribution in [1.29, 1.82) is 0 Å². The van der Waals surface area contributed by atoms with Crippen molar-refractivity contribution < 1.29 is 18.0 Å². The van der Waals surface area contributed by atoms with E-state index in [1.807, 2.05) is 5.43 Å². The fourth-order valence-corrected chi connectivity index (χ4v) is 1.80. The summed E-state index contributed by atoms with van der Waals surface area (Å²) in [6.07, 6.45) is -3.76. The van der Waals surface area contributed by atoms with Gasteiger partial charge in [0, 0.05) is 25.1 Å². The number of halogens is 3. The highest BCUT2D eigenvalue weighted by Crippen LogP contribution is 2.29. The smallest absolute Gasteiger partial charge is 0.365 e. The van der Waals surface area contributed by atoms with Crippen LogP contribution in [0.5, 0.6) is 0 Å². The van der Waals surface area contributed by atoms with Gasteiger partial charge in [-0.3, -0.25) is 10.2 Å². The van der Waals surface area contributed by atoms with E-state index in [-0.39, 0.29) is 23.7 Å². The molecular formula is C10H13F3N6O. The zero-order valence-electron chi connectivity index (χ0n) is 10.3. The molecule has 1 saturated heterocycles. The molecule has 0 saturated carbocycles. The van der Waals surface area contributed by atoms with Gasteiger partial charge in [-0.1, -0.05) is 0 Å². The van der Waals surface area contributed by atoms with Crippen LogP contribution < -0.4 is 21.9 Å². The van der Waals surface area contributed by atoms with Crippen LogP contribution in [0.4, 0.5) is 24.9 Å². The standard InChI is InChI=1S/C10H13F3N6O/c11-10(12,13)6-3-7(18-9(17-6)19-14)16-5-1-2-8(20)15-4-5/h3,5H,1-2,4,14H2,(H,15,20)(H2,16,17,18,19). The lowest BCUT2D eigenvalue weighted by Gasteiger charge is -2.24. The van der Waals surface area contributed by atoms with Gasteiger partial charge in [-0.2, -0.15) is 18.2 Å². The normalized spacial score (nSPS) is 19.4. The van der Waals surface area contributed by atoms with Gasteiger partial charge >= 0.3 is 6.18 Å². The molecule has 1 unspecified atom stereocenters. The number of nitrogen functional groups attached to an aromatic ring is 1. The highest BCUT2D eigenvalue weighted by molar-refractivity contribution is 5.77. The van der Waals surface area contributed by atoms with Gasteiger partial charge in [-0.25, -0.2) is 10.8 Å². The zero-order valence-corrected chi connectivity index (χ0v) is 10.3. The average Bonchev–Trinajstić information content (AvgIpc) is 2.40. The Balaban J connectivity index is 2.16. The van der Waals surface area contributed by atoms with Crippen molar-refractivity contribution in [3.05, 3.63) is 11.8 Å². The van der Waals surface area contributed by atoms with Crippen molar-refractivity contribution in [2.75, 3.05) is 17.3 Å². The number of aromatic nitrogens is 2. The van der Waals surface area contributed by atoms with Crippen LogP contribution in [-0.4, -0.2) is 28.5 Å². The minimum atomic E-state index is -4.59. The first-order chi connectivity index (χ1) is 9.38. The first-order valence-corrected chi connectivity index (χ1v) is 5.84. The largest absolute Gasteiger partial charge is 0.433 e. The molecule has 1 atom stereocenters. The average molecular weight is 290 g/mol. The Morgan fingerprint density at radius 2 is 2.15 bits per heavy atom. The summed E-state index contributed by atoms with van der Waals surface area (Å²) in [7, 11) is 0. The molecule has 0 aromatic carbocycles. The lowest BCUT2D eigenvalue weighted by atomic mass is 10.1. The van der Waals surface area contributed by atoms with E-state index in [0.29, 0.717) is 19.4 Å². The molecule has 0 spiro atoms. The van der Waals surface area contributed by atoms with E-state index in [4.69, 9.17) is 5.84 Å². The Hall–Kier alpha value is -2.10. The van der Waals surface area contributed by atoms with Crippen LogP contribution in [0.3, 0.4) is 0 Å². The summed E-state index contributed by atoms with van der Waals surface area (Å²) >= 11 is 0. The molecule has 1 aliphatic heterocycles. The number of carbonyl (C=O) groups excluding carboxylic acids is 1. The number of amides is 1. The number of nitrogens with two attached hydrogens (primary N) is 1. The van der Waals surface area contributed by atoms with Crippen molar-refractivity contribution in [2.24, 2.45) is 5.84 Å². The Kier molecular flexibility index (Phi) is 3.93. The van der Waals surface area contributed by atoms with E-state index < -0.39 is 11.9 Å². The lowest BCUT2D eigenvalue weighted by molar-refractivity contribution is -0.141. The predicted octanol–water partition coefficient (Wildman–Crippen LogP) is 0.471. The highest BCUT2D eigenvalue weighted by Gasteiger charge is 2.34. The maximum atomic E-state index is 12.7. The summed E-state index contributed by atoms with van der Waals surface area (Å²) in [5, 5.41) is 5.45. The molecule has 0 bridgehead atoms. The number of carbonyl (C=O) groups is 1. The third kappa shape index (κ3) is 3.47. The van der Waals surface area contributed by atoms with Crippen LogP contribution in [0.1, 0.15) is 18.5 Å². The Morgan fingerprint density at radius 3 is 2.70 bits per heavy atom. The quantitative estimate of drug-likeness (QED) is 0.476. The van der Waals surface area contributed by atoms with Crippen molar-refractivity contribution in [2.45, 2.75) is 25.1 Å². The van der Waals surface area contributed by atoms with Gasteiger partial charge in [0.25, 0.3) is 0 Å². The van der Waals surface area contributed by atoms with Gasteiger partial charge in [-0.05, 0) is 6.42 Å². The van der Waals surface area contributed by atoms with Crippen LogP contribution in [-0.2, 0) is 11.0 Å². The minimum absolute atomic E-state index is 0.00132. The SMILES string of the molecule is NNc1nc(NC2CCC(=O)NC2)cc(C(F)(F)F)n1. The first kappa shape index (κ1) is 14.3. The van der Waals surface area contributed by atoms with Gasteiger partial charge < -0.3 is 10.6 Å². The Morgan fingerprint density at radius 1 is 1.40 bits per heavy atom. The number of nitrogens with zero attached hydrogens (tertiary/aromatic N) is 2. The molecular weight excluding hydrogens is 277 g/mol. The molecule has 7 nitrogen and oxygen atoms in total. The van der Waals surface area contributed by atoms with Crippen molar-refractivity contribution >= 4 is 17.7 Å². The molecule has 1 amide bonds. The number of hydrazine groups is 1. The number of alkyl halides is 3. The Labute approximate surface area is 112 Å². The second kappa shape index (κ2) is 5.49. The van der Waals surface area contributed by atoms with Gasteiger partial charge in [-0.15, -0.1) is 0 Å². The first-order valence-electron chi connectivity index (χ1n) is 5.84. The van der Waals surface area contributed by atoms with Crippen LogP contribution in [0.15, 0.2) is 6.07 Å². The molecule has 20 heavy (non-hydrogen) atoms. The summed E-state index contributed by atoms with van der Waals surface area (Å²) in [6.45, 7) is 0.329. The Bertz CT molecular complexity index is 496. The summed E-state index contributed by atoms with van der Waals surface area (Å²) in [5.74, 6) is 4.65. The van der Waals surface area contributed by atoms with Gasteiger partial charge in [0.2, 0.25) is 11.9 Å². The number of rotatable bonds is 3. The van der Waals surface area contributed by atoms with Crippen LogP contribution in [0, 0.1) is 0 Å². The monoisotopic (exact) mass is 290 g/mol. The molecule has 110 valence electrons. The maximum Gasteiger partial charge on any atom is 0.433 e. The molecule has 0 radical (unpaired) electrons. The van der Waals surface area contributed by atoms with E-state index >= 15 is 0 Å². The van der Waals surface area contributed by atoms with Crippen LogP contribution in [0.25, 0.3) is 0 Å². The molecule has 2 heterocycles. The zero-order chi connectivity index (χ0) is 14.8. The van der Waals surface area contributed by atoms with Gasteiger partial charge in [0.05, 0.1) is 0 Å². The molecule has 10 heteroatoms. The fraction of sp³-hybridized carbons (Fsp3) is 0.500. The molecule has 1 aromatic heterocycles. The van der Waals surface area contributed by atoms with Crippen molar-refractivity contribution in [3.63, 3.8) is 0 Å². The van der Waals surface area contributed by atoms with Crippen molar-refractivity contribution in [3.8, 4) is 0 Å². The number of piperidine rings is 1. The van der Waals surface area contributed by atoms with E-state index in [0.717, 1.165) is 6.07 Å². The fourth-order valence-electron chi connectivity index (χ4n) is 1.80. The summed E-state index contributed by atoms with van der Waals surface area (Å²) in [4.78, 5) is 18.1. The second-order valence-electron chi connectivity index (χ2n) is 4.29. The third-order valence-corrected chi connectivity index (χ3v) is 2.76. The number of hydrogen-bond donors (Lipinski definition) is 4. The number of hydrogen-bond acceptors (Lipinski definition) is 6. The van der Waals surface area contributed by atoms with Crippen LogP contribution in [0.2, 0.25) is 0 Å². The topological polar surface area (TPSA) is 105 Å². The number of nitrogens with one attached hydrogen (secondary N) is 3. The lowest BCUT2D eigenvalue weighted by Crippen LogP contribution is -2.42. The van der Waals surface area contributed by atoms with Gasteiger partial charge in [0.15, 0.2) is 5.69 Å². The number of anilines is 2. The molecule has 1 fully saturated rings. The summed E-state index contributed by atoms with van der Waals surface area (Å²) in [5.41, 5.74) is 0.898. The van der Waals surface area contributed by atoms with E-state index in [2.05, 4.69) is 20.6 Å². The second-order valence-corrected chi connectivity index (χ2v) is 4.29. The maximum absolute atomic E-state index is 12.7. The highest BCUT2D eigenvalue weighted by atomic mass is 19.4. The minimum Gasteiger partial charge on any atom is -0.365 e. The molecule has 5 N–H and O–H groups in total. The molecule has 0 aliphatic carbocycles. The molecule has 1 aliphatic rings.